The molecule has 0 aromatic carbocycles. The van der Waals surface area contributed by atoms with Crippen molar-refractivity contribution in [2.75, 3.05) is 13.2 Å². The first-order chi connectivity index (χ1) is 10.2. The van der Waals surface area contributed by atoms with Crippen LogP contribution in [0.15, 0.2) is 12.1 Å². The van der Waals surface area contributed by atoms with Crippen molar-refractivity contribution in [2.24, 2.45) is 5.92 Å². The van der Waals surface area contributed by atoms with Gasteiger partial charge in [0, 0.05) is 13.0 Å². The molecule has 21 heavy (non-hydrogen) atoms. The van der Waals surface area contributed by atoms with E-state index in [2.05, 4.69) is 31.0 Å². The quantitative estimate of drug-likeness (QED) is 0.723. The van der Waals surface area contributed by atoms with Crippen molar-refractivity contribution in [3.05, 3.63) is 21.9 Å². The highest BCUT2D eigenvalue weighted by atomic mass is 32.1. The average molecular weight is 307 g/mol. The summed E-state index contributed by atoms with van der Waals surface area (Å²) in [5.74, 6) is 6.38. The minimum absolute atomic E-state index is 0.00911. The third-order valence-electron chi connectivity index (χ3n) is 3.37. The van der Waals surface area contributed by atoms with Gasteiger partial charge in [0.1, 0.15) is 0 Å². The predicted molar refractivity (Wildman–Crippen MR) is 88.5 cm³/mol. The van der Waals surface area contributed by atoms with Crippen LogP contribution in [0.4, 0.5) is 0 Å². The SMILES string of the molecule is CCCCC(CC)CNC(=O)c1ccc(C#CCCO)s1. The first-order valence-corrected chi connectivity index (χ1v) is 8.50. The molecule has 1 heterocycles. The number of carbonyl (C=O) groups excluding carboxylic acids is 1. The van der Waals surface area contributed by atoms with Crippen molar-refractivity contribution in [1.82, 2.24) is 5.32 Å². The molecule has 0 saturated heterocycles. The van der Waals surface area contributed by atoms with Crippen molar-refractivity contribution in [2.45, 2.75) is 46.0 Å². The molecular formula is C17H25NO2S. The molecule has 3 nitrogen and oxygen atoms in total. The Kier molecular flexibility index (Phi) is 8.80. The van der Waals surface area contributed by atoms with Crippen LogP contribution in [-0.2, 0) is 0 Å². The number of aliphatic hydroxyl groups excluding tert-OH is 1. The maximum absolute atomic E-state index is 12.1. The van der Waals surface area contributed by atoms with Gasteiger partial charge in [-0.25, -0.2) is 0 Å². The average Bonchev–Trinajstić information content (AvgIpc) is 2.96. The first kappa shape index (κ1) is 17.7. The molecule has 0 aliphatic heterocycles. The van der Waals surface area contributed by atoms with Gasteiger partial charge in [-0.1, -0.05) is 45.0 Å². The summed E-state index contributed by atoms with van der Waals surface area (Å²) in [7, 11) is 0. The summed E-state index contributed by atoms with van der Waals surface area (Å²) >= 11 is 1.40. The van der Waals surface area contributed by atoms with E-state index in [0.29, 0.717) is 17.2 Å². The molecule has 116 valence electrons. The maximum atomic E-state index is 12.1. The summed E-state index contributed by atoms with van der Waals surface area (Å²) in [6.07, 6.45) is 5.16. The summed E-state index contributed by atoms with van der Waals surface area (Å²) in [6.45, 7) is 5.18. The monoisotopic (exact) mass is 307 g/mol. The molecule has 1 aromatic heterocycles. The van der Waals surface area contributed by atoms with Gasteiger partial charge in [-0.15, -0.1) is 11.3 Å². The van der Waals surface area contributed by atoms with Gasteiger partial charge in [-0.3, -0.25) is 4.79 Å². The van der Waals surface area contributed by atoms with Crippen molar-refractivity contribution in [3.8, 4) is 11.8 Å². The van der Waals surface area contributed by atoms with E-state index in [0.717, 1.165) is 17.8 Å². The lowest BCUT2D eigenvalue weighted by Crippen LogP contribution is -2.28. The van der Waals surface area contributed by atoms with Crippen LogP contribution in [0.25, 0.3) is 0 Å². The van der Waals surface area contributed by atoms with Crippen LogP contribution in [-0.4, -0.2) is 24.2 Å². The van der Waals surface area contributed by atoms with E-state index in [1.165, 1.54) is 30.6 Å². The summed E-state index contributed by atoms with van der Waals surface area (Å²) in [4.78, 5) is 13.7. The van der Waals surface area contributed by atoms with Crippen molar-refractivity contribution in [1.29, 1.82) is 0 Å². The number of nitrogens with one attached hydrogen (secondary N) is 1. The summed E-state index contributed by atoms with van der Waals surface area (Å²) in [5.41, 5.74) is 0. The smallest absolute Gasteiger partial charge is 0.261 e. The van der Waals surface area contributed by atoms with Gasteiger partial charge in [0.05, 0.1) is 16.4 Å². The zero-order valence-electron chi connectivity index (χ0n) is 12.9. The molecule has 0 saturated carbocycles. The number of aliphatic hydroxyl groups is 1. The molecule has 0 fully saturated rings. The molecule has 1 amide bonds. The number of hydrogen-bond acceptors (Lipinski definition) is 3. The number of unbranched alkanes of at least 4 members (excludes halogenated alkanes) is 1. The van der Waals surface area contributed by atoms with Gasteiger partial charge in [-0.2, -0.15) is 0 Å². The van der Waals surface area contributed by atoms with Gasteiger partial charge in [0.2, 0.25) is 0 Å². The molecule has 4 heteroatoms. The third kappa shape index (κ3) is 6.79. The molecule has 0 aliphatic rings. The Bertz CT molecular complexity index is 484. The molecule has 1 aromatic rings. The van der Waals surface area contributed by atoms with Crippen molar-refractivity contribution < 1.29 is 9.90 Å². The van der Waals surface area contributed by atoms with Crippen LogP contribution in [0.1, 0.15) is 60.5 Å². The predicted octanol–water partition coefficient (Wildman–Crippen LogP) is 3.43. The molecule has 0 bridgehead atoms. The molecule has 0 radical (unpaired) electrons. The number of hydrogen-bond donors (Lipinski definition) is 2. The fourth-order valence-corrected chi connectivity index (χ4v) is 2.80. The van der Waals surface area contributed by atoms with E-state index in [9.17, 15) is 4.79 Å². The van der Waals surface area contributed by atoms with E-state index >= 15 is 0 Å². The second-order valence-corrected chi connectivity index (χ2v) is 6.15. The first-order valence-electron chi connectivity index (χ1n) is 7.69. The zero-order chi connectivity index (χ0) is 15.5. The second-order valence-electron chi connectivity index (χ2n) is 5.07. The number of thiophene rings is 1. The standard InChI is InChI=1S/C17H25NO2S/c1-3-5-8-14(4-2)13-18-17(20)16-11-10-15(21-16)9-6-7-12-19/h10-11,14,19H,3-5,7-8,12-13H2,1-2H3,(H,18,20). The highest BCUT2D eigenvalue weighted by Crippen LogP contribution is 2.16. The number of carbonyl (C=O) groups is 1. The highest BCUT2D eigenvalue weighted by molar-refractivity contribution is 7.14. The molecule has 2 N–H and O–H groups in total. The van der Waals surface area contributed by atoms with Gasteiger partial charge in [-0.05, 0) is 24.5 Å². The topological polar surface area (TPSA) is 49.3 Å². The lowest BCUT2D eigenvalue weighted by molar-refractivity contribution is 0.0950. The molecule has 1 unspecified atom stereocenters. The normalized spacial score (nSPS) is 11.6. The minimum atomic E-state index is -0.00911. The zero-order valence-corrected chi connectivity index (χ0v) is 13.8. The third-order valence-corrected chi connectivity index (χ3v) is 4.37. The fraction of sp³-hybridized carbons (Fsp3) is 0.588. The molecule has 0 spiro atoms. The highest BCUT2D eigenvalue weighted by Gasteiger charge is 2.11. The van der Waals surface area contributed by atoms with E-state index < -0.39 is 0 Å². The number of amides is 1. The molecule has 1 atom stereocenters. The van der Waals surface area contributed by atoms with Crippen molar-refractivity contribution in [3.63, 3.8) is 0 Å². The van der Waals surface area contributed by atoms with Crippen LogP contribution in [0, 0.1) is 17.8 Å². The van der Waals surface area contributed by atoms with Crippen LogP contribution in [0.3, 0.4) is 0 Å². The van der Waals surface area contributed by atoms with E-state index in [4.69, 9.17) is 5.11 Å². The van der Waals surface area contributed by atoms with Gasteiger partial charge in [0.15, 0.2) is 0 Å². The van der Waals surface area contributed by atoms with Crippen LogP contribution < -0.4 is 5.32 Å². The van der Waals surface area contributed by atoms with Crippen LogP contribution in [0.2, 0.25) is 0 Å². The van der Waals surface area contributed by atoms with E-state index in [-0.39, 0.29) is 12.5 Å². The Morgan fingerprint density at radius 2 is 2.24 bits per heavy atom. The van der Waals surface area contributed by atoms with Crippen molar-refractivity contribution >= 4 is 17.2 Å². The Balaban J connectivity index is 2.47. The summed E-state index contributed by atoms with van der Waals surface area (Å²) in [5, 5.41) is 11.7. The van der Waals surface area contributed by atoms with Crippen LogP contribution >= 0.6 is 11.3 Å². The fourth-order valence-electron chi connectivity index (χ4n) is 2.00. The largest absolute Gasteiger partial charge is 0.395 e. The second kappa shape index (κ2) is 10.4. The lowest BCUT2D eigenvalue weighted by atomic mass is 9.99. The molecule has 0 aliphatic carbocycles. The maximum Gasteiger partial charge on any atom is 0.261 e. The minimum Gasteiger partial charge on any atom is -0.395 e. The van der Waals surface area contributed by atoms with Gasteiger partial charge in [0.25, 0.3) is 5.91 Å². The summed E-state index contributed by atoms with van der Waals surface area (Å²) < 4.78 is 0. The lowest BCUT2D eigenvalue weighted by Gasteiger charge is -2.14. The summed E-state index contributed by atoms with van der Waals surface area (Å²) in [6, 6.07) is 3.67. The Hall–Kier alpha value is -1.31. The van der Waals surface area contributed by atoms with E-state index in [1.54, 1.807) is 0 Å². The van der Waals surface area contributed by atoms with Gasteiger partial charge < -0.3 is 10.4 Å². The van der Waals surface area contributed by atoms with Crippen LogP contribution in [0.5, 0.6) is 0 Å². The Morgan fingerprint density at radius 3 is 2.90 bits per heavy atom. The number of rotatable bonds is 8. The Labute approximate surface area is 131 Å². The molecule has 1 rings (SSSR count). The van der Waals surface area contributed by atoms with E-state index in [1.807, 2.05) is 12.1 Å². The molecular weight excluding hydrogens is 282 g/mol. The van der Waals surface area contributed by atoms with Gasteiger partial charge >= 0.3 is 0 Å². The Morgan fingerprint density at radius 1 is 1.43 bits per heavy atom.